The van der Waals surface area contributed by atoms with Gasteiger partial charge in [-0.3, -0.25) is 14.9 Å². The molecule has 0 heterocycles. The molecule has 1 rings (SSSR count). The third kappa shape index (κ3) is 5.61. The molecule has 2 atom stereocenters. The smallest absolute Gasteiger partial charge is 0.329 e. The molecule has 1 aromatic carbocycles. The number of anilines is 1. The first kappa shape index (κ1) is 17.9. The Bertz CT molecular complexity index is 633. The van der Waals surface area contributed by atoms with E-state index in [2.05, 4.69) is 10.6 Å². The summed E-state index contributed by atoms with van der Waals surface area (Å²) in [5, 5.41) is 15.2. The van der Waals surface area contributed by atoms with E-state index in [1.807, 2.05) is 0 Å². The number of hydrogen-bond acceptors (Lipinski definition) is 6. The molecule has 0 aliphatic carbocycles. The van der Waals surface area contributed by atoms with Gasteiger partial charge in [-0.1, -0.05) is 6.07 Å². The van der Waals surface area contributed by atoms with E-state index in [0.29, 0.717) is 0 Å². The summed E-state index contributed by atoms with van der Waals surface area (Å²) < 4.78 is 4.87. The molecular weight excluding hydrogens is 308 g/mol. The summed E-state index contributed by atoms with van der Waals surface area (Å²) in [5.74, 6) is -1.52. The van der Waals surface area contributed by atoms with E-state index in [0.717, 1.165) is 0 Å². The number of carbonyl (C=O) groups excluding carboxylic acids is 3. The number of esters is 1. The van der Waals surface area contributed by atoms with Gasteiger partial charge in [0, 0.05) is 17.8 Å². The molecule has 0 saturated carbocycles. The van der Waals surface area contributed by atoms with Gasteiger partial charge in [0.2, 0.25) is 0 Å². The summed E-state index contributed by atoms with van der Waals surface area (Å²) in [4.78, 5) is 44.2. The van der Waals surface area contributed by atoms with Crippen LogP contribution in [-0.4, -0.2) is 35.0 Å². The van der Waals surface area contributed by atoms with E-state index in [4.69, 9.17) is 10.5 Å². The van der Waals surface area contributed by atoms with Crippen LogP contribution in [0.25, 0.3) is 0 Å². The quantitative estimate of drug-likeness (QED) is 0.394. The third-order valence-electron chi connectivity index (χ3n) is 2.70. The molecule has 0 bridgehead atoms. The SMILES string of the molecule is C[C@H](NC(N)=O)C(=O)O[C@H](C)C(=O)Nc1cccc([N+](=O)[O-])c1. The van der Waals surface area contributed by atoms with Gasteiger partial charge in [-0.05, 0) is 19.9 Å². The van der Waals surface area contributed by atoms with Crippen molar-refractivity contribution in [2.24, 2.45) is 5.73 Å². The summed E-state index contributed by atoms with van der Waals surface area (Å²) >= 11 is 0. The molecule has 10 nitrogen and oxygen atoms in total. The van der Waals surface area contributed by atoms with Crippen LogP contribution in [0.2, 0.25) is 0 Å². The number of hydrogen-bond donors (Lipinski definition) is 3. The Morgan fingerprint density at radius 2 is 1.96 bits per heavy atom. The van der Waals surface area contributed by atoms with E-state index in [9.17, 15) is 24.5 Å². The number of urea groups is 1. The summed E-state index contributed by atoms with van der Waals surface area (Å²) in [5.41, 5.74) is 4.87. The van der Waals surface area contributed by atoms with Crippen LogP contribution in [-0.2, 0) is 14.3 Å². The molecule has 0 aliphatic heterocycles. The first-order chi connectivity index (χ1) is 10.7. The lowest BCUT2D eigenvalue weighted by Gasteiger charge is -2.16. The largest absolute Gasteiger partial charge is 0.451 e. The molecule has 0 aliphatic rings. The number of nitrogens with two attached hydrogens (primary N) is 1. The number of rotatable bonds is 6. The topological polar surface area (TPSA) is 154 Å². The lowest BCUT2D eigenvalue weighted by molar-refractivity contribution is -0.384. The molecule has 0 fully saturated rings. The second-order valence-electron chi connectivity index (χ2n) is 4.61. The lowest BCUT2D eigenvalue weighted by Crippen LogP contribution is -2.44. The summed E-state index contributed by atoms with van der Waals surface area (Å²) in [6, 6.07) is 3.39. The second-order valence-corrected chi connectivity index (χ2v) is 4.61. The van der Waals surface area contributed by atoms with Crippen LogP contribution in [0.15, 0.2) is 24.3 Å². The van der Waals surface area contributed by atoms with Gasteiger partial charge in [-0.2, -0.15) is 0 Å². The molecule has 4 N–H and O–H groups in total. The van der Waals surface area contributed by atoms with E-state index in [1.54, 1.807) is 0 Å². The second kappa shape index (κ2) is 7.73. The van der Waals surface area contributed by atoms with Crippen molar-refractivity contribution in [3.05, 3.63) is 34.4 Å². The van der Waals surface area contributed by atoms with Gasteiger partial charge in [0.25, 0.3) is 11.6 Å². The minimum atomic E-state index is -1.17. The standard InChI is InChI=1S/C13H16N4O6/c1-7(15-13(14)20)12(19)23-8(2)11(18)16-9-4-3-5-10(6-9)17(21)22/h3-8H,1-2H3,(H,16,18)(H3,14,15,20)/t7-,8+/m0/s1. The van der Waals surface area contributed by atoms with Gasteiger partial charge in [0.05, 0.1) is 4.92 Å². The van der Waals surface area contributed by atoms with Crippen molar-refractivity contribution in [1.82, 2.24) is 5.32 Å². The monoisotopic (exact) mass is 324 g/mol. The van der Waals surface area contributed by atoms with Gasteiger partial charge in [0.1, 0.15) is 6.04 Å². The van der Waals surface area contributed by atoms with Gasteiger partial charge in [-0.25, -0.2) is 9.59 Å². The highest BCUT2D eigenvalue weighted by atomic mass is 16.6. The molecule has 1 aromatic rings. The molecule has 0 aromatic heterocycles. The fraction of sp³-hybridized carbons (Fsp3) is 0.308. The minimum absolute atomic E-state index is 0.188. The van der Waals surface area contributed by atoms with Crippen molar-refractivity contribution in [3.8, 4) is 0 Å². The van der Waals surface area contributed by atoms with Crippen molar-refractivity contribution >= 4 is 29.3 Å². The van der Waals surface area contributed by atoms with Crippen molar-refractivity contribution in [2.45, 2.75) is 26.0 Å². The number of non-ortho nitro benzene ring substituents is 1. The Balaban J connectivity index is 2.63. The number of nitrogens with one attached hydrogen (secondary N) is 2. The van der Waals surface area contributed by atoms with E-state index >= 15 is 0 Å². The molecular formula is C13H16N4O6. The molecule has 10 heteroatoms. The maximum Gasteiger partial charge on any atom is 0.329 e. The van der Waals surface area contributed by atoms with Crippen molar-refractivity contribution < 1.29 is 24.0 Å². The van der Waals surface area contributed by atoms with Crippen LogP contribution in [0.1, 0.15) is 13.8 Å². The van der Waals surface area contributed by atoms with Gasteiger partial charge in [-0.15, -0.1) is 0 Å². The number of benzene rings is 1. The van der Waals surface area contributed by atoms with Crippen LogP contribution in [0.4, 0.5) is 16.2 Å². The van der Waals surface area contributed by atoms with Crippen LogP contribution in [0, 0.1) is 10.1 Å². The van der Waals surface area contributed by atoms with Crippen LogP contribution >= 0.6 is 0 Å². The molecule has 3 amide bonds. The van der Waals surface area contributed by atoms with Gasteiger partial charge < -0.3 is 21.1 Å². The van der Waals surface area contributed by atoms with E-state index in [-0.39, 0.29) is 11.4 Å². The van der Waals surface area contributed by atoms with Crippen molar-refractivity contribution in [3.63, 3.8) is 0 Å². The number of amides is 3. The Kier molecular flexibility index (Phi) is 6.01. The predicted octanol–water partition coefficient (Wildman–Crippen LogP) is 0.522. The van der Waals surface area contributed by atoms with Crippen LogP contribution < -0.4 is 16.4 Å². The lowest BCUT2D eigenvalue weighted by atomic mass is 10.2. The molecule has 23 heavy (non-hydrogen) atoms. The Morgan fingerprint density at radius 1 is 1.30 bits per heavy atom. The molecule has 0 unspecified atom stereocenters. The maximum atomic E-state index is 11.9. The average molecular weight is 324 g/mol. The Morgan fingerprint density at radius 3 is 2.52 bits per heavy atom. The fourth-order valence-electron chi connectivity index (χ4n) is 1.54. The minimum Gasteiger partial charge on any atom is -0.451 e. The van der Waals surface area contributed by atoms with Crippen LogP contribution in [0.3, 0.4) is 0 Å². The molecule has 0 radical (unpaired) electrons. The molecule has 0 saturated heterocycles. The maximum absolute atomic E-state index is 11.9. The summed E-state index contributed by atoms with van der Waals surface area (Å²) in [6.07, 6.45) is -1.17. The van der Waals surface area contributed by atoms with Crippen molar-refractivity contribution in [2.75, 3.05) is 5.32 Å². The Labute approximate surface area is 131 Å². The number of ether oxygens (including phenoxy) is 1. The highest BCUT2D eigenvalue weighted by molar-refractivity contribution is 5.95. The highest BCUT2D eigenvalue weighted by Gasteiger charge is 2.23. The number of nitro groups is 1. The fourth-order valence-corrected chi connectivity index (χ4v) is 1.54. The molecule has 0 spiro atoms. The zero-order chi connectivity index (χ0) is 17.6. The zero-order valence-electron chi connectivity index (χ0n) is 12.4. The third-order valence-corrected chi connectivity index (χ3v) is 2.70. The highest BCUT2D eigenvalue weighted by Crippen LogP contribution is 2.17. The normalized spacial score (nSPS) is 12.6. The first-order valence-corrected chi connectivity index (χ1v) is 6.52. The molecule has 124 valence electrons. The average Bonchev–Trinajstić information content (AvgIpc) is 2.46. The van der Waals surface area contributed by atoms with Gasteiger partial charge in [0.15, 0.2) is 6.10 Å². The predicted molar refractivity (Wildman–Crippen MR) is 79.5 cm³/mol. The van der Waals surface area contributed by atoms with E-state index < -0.39 is 35.0 Å². The van der Waals surface area contributed by atoms with Gasteiger partial charge >= 0.3 is 12.0 Å². The number of nitrogens with zero attached hydrogens (tertiary/aromatic N) is 1. The van der Waals surface area contributed by atoms with Crippen LogP contribution in [0.5, 0.6) is 0 Å². The summed E-state index contributed by atoms with van der Waals surface area (Å²) in [6.45, 7) is 2.67. The van der Waals surface area contributed by atoms with Crippen molar-refractivity contribution in [1.29, 1.82) is 0 Å². The first-order valence-electron chi connectivity index (χ1n) is 6.52. The Hall–Kier alpha value is -3.17. The number of primary amides is 1. The number of carbonyl (C=O) groups is 3. The van der Waals surface area contributed by atoms with E-state index in [1.165, 1.54) is 38.1 Å². The summed E-state index contributed by atoms with van der Waals surface area (Å²) in [7, 11) is 0. The zero-order valence-corrected chi connectivity index (χ0v) is 12.4. The number of nitro benzene ring substituents is 1.